The number of halogens is 1. The second-order valence-corrected chi connectivity index (χ2v) is 3.51. The van der Waals surface area contributed by atoms with Crippen molar-refractivity contribution in [2.75, 3.05) is 7.11 Å². The number of fused-ring (bicyclic) bond motifs is 1. The number of nitrogens with zero attached hydrogens (tertiary/aromatic N) is 2. The minimum absolute atomic E-state index is 0.383. The van der Waals surface area contributed by atoms with Crippen molar-refractivity contribution in [3.63, 3.8) is 0 Å². The third-order valence-corrected chi connectivity index (χ3v) is 2.45. The Morgan fingerprint density at radius 3 is 2.93 bits per heavy atom. The van der Waals surface area contributed by atoms with Crippen LogP contribution in [0.5, 0.6) is 0 Å². The molecule has 15 heavy (non-hydrogen) atoms. The monoisotopic (exact) mass is 224 g/mol. The number of pyridine rings is 1. The maximum absolute atomic E-state index is 11.4. The van der Waals surface area contributed by atoms with E-state index in [1.165, 1.54) is 7.11 Å². The Bertz CT molecular complexity index is 533. The molecule has 0 fully saturated rings. The highest BCUT2D eigenvalue weighted by molar-refractivity contribution is 6.29. The van der Waals surface area contributed by atoms with Crippen LogP contribution in [0.15, 0.2) is 18.2 Å². The van der Waals surface area contributed by atoms with Gasteiger partial charge in [-0.2, -0.15) is 0 Å². The second-order valence-electron chi connectivity index (χ2n) is 3.13. The Balaban J connectivity index is 2.69. The Morgan fingerprint density at radius 1 is 1.53 bits per heavy atom. The summed E-state index contributed by atoms with van der Waals surface area (Å²) in [6.07, 6.45) is 0. The Kier molecular flexibility index (Phi) is 2.36. The Labute approximate surface area is 91.4 Å². The molecule has 4 nitrogen and oxygen atoms in total. The molecule has 78 valence electrons. The molecule has 2 aromatic heterocycles. The number of rotatable bonds is 1. The fraction of sp³-hybridized carbons (Fsp3) is 0.200. The summed E-state index contributed by atoms with van der Waals surface area (Å²) in [7, 11) is 3.10. The van der Waals surface area contributed by atoms with E-state index in [2.05, 4.69) is 9.72 Å². The van der Waals surface area contributed by atoms with Crippen LogP contribution in [0.3, 0.4) is 0 Å². The van der Waals surface area contributed by atoms with Gasteiger partial charge in [0.05, 0.1) is 7.11 Å². The Hall–Kier alpha value is -1.55. The van der Waals surface area contributed by atoms with Gasteiger partial charge in [-0.3, -0.25) is 0 Å². The van der Waals surface area contributed by atoms with Crippen LogP contribution in [0.1, 0.15) is 10.5 Å². The van der Waals surface area contributed by atoms with Gasteiger partial charge < -0.3 is 9.30 Å². The first kappa shape index (κ1) is 9.98. The van der Waals surface area contributed by atoms with E-state index in [-0.39, 0.29) is 5.97 Å². The van der Waals surface area contributed by atoms with Crippen LogP contribution in [0.4, 0.5) is 0 Å². The molecule has 5 heteroatoms. The summed E-state index contributed by atoms with van der Waals surface area (Å²) in [5.74, 6) is -0.383. The smallest absolute Gasteiger partial charge is 0.354 e. The van der Waals surface area contributed by atoms with Crippen molar-refractivity contribution in [1.29, 1.82) is 0 Å². The molecule has 2 heterocycles. The van der Waals surface area contributed by atoms with Gasteiger partial charge in [-0.25, -0.2) is 9.78 Å². The van der Waals surface area contributed by atoms with Gasteiger partial charge in [-0.1, -0.05) is 11.6 Å². The maximum Gasteiger partial charge on any atom is 0.354 e. The van der Waals surface area contributed by atoms with Gasteiger partial charge in [0, 0.05) is 12.4 Å². The summed E-state index contributed by atoms with van der Waals surface area (Å²) in [5.41, 5.74) is 1.13. The quantitative estimate of drug-likeness (QED) is 0.550. The number of hydrogen-bond acceptors (Lipinski definition) is 3. The van der Waals surface area contributed by atoms with E-state index in [9.17, 15) is 4.79 Å². The van der Waals surface area contributed by atoms with Crippen LogP contribution in [-0.4, -0.2) is 22.6 Å². The van der Waals surface area contributed by atoms with Crippen molar-refractivity contribution in [2.24, 2.45) is 7.05 Å². The van der Waals surface area contributed by atoms with Crippen LogP contribution < -0.4 is 0 Å². The molecule has 0 atom stereocenters. The van der Waals surface area contributed by atoms with Gasteiger partial charge >= 0.3 is 5.97 Å². The van der Waals surface area contributed by atoms with E-state index in [1.807, 2.05) is 6.07 Å². The van der Waals surface area contributed by atoms with Gasteiger partial charge in [0.15, 0.2) is 0 Å². The van der Waals surface area contributed by atoms with Gasteiger partial charge in [0.25, 0.3) is 0 Å². The summed E-state index contributed by atoms with van der Waals surface area (Å²) in [6, 6.07) is 5.23. The summed E-state index contributed by atoms with van der Waals surface area (Å²) in [6.45, 7) is 0. The molecular weight excluding hydrogens is 216 g/mol. The molecule has 0 saturated heterocycles. The van der Waals surface area contributed by atoms with Gasteiger partial charge in [0.1, 0.15) is 16.5 Å². The number of carbonyl (C=O) groups excluding carboxylic acids is 1. The molecule has 0 aliphatic carbocycles. The predicted octanol–water partition coefficient (Wildman–Crippen LogP) is 2.01. The average molecular weight is 225 g/mol. The molecular formula is C10H9ClN2O2. The first-order valence-corrected chi connectivity index (χ1v) is 4.71. The standard InChI is InChI=1S/C10H9ClN2O2/c1-13-7(10(14)15-2)5-6-3-4-8(11)12-9(6)13/h3-5H,1-2H3. The summed E-state index contributed by atoms with van der Waals surface area (Å²) in [5, 5.41) is 1.27. The third kappa shape index (κ3) is 1.57. The molecule has 0 bridgehead atoms. The summed E-state index contributed by atoms with van der Waals surface area (Å²) >= 11 is 5.77. The molecule has 2 rings (SSSR count). The second kappa shape index (κ2) is 3.55. The number of ether oxygens (including phenoxy) is 1. The van der Waals surface area contributed by atoms with Crippen molar-refractivity contribution in [2.45, 2.75) is 0 Å². The predicted molar refractivity (Wildman–Crippen MR) is 57.1 cm³/mol. The van der Waals surface area contributed by atoms with Gasteiger partial charge in [0.2, 0.25) is 0 Å². The first-order valence-electron chi connectivity index (χ1n) is 4.34. The third-order valence-electron chi connectivity index (χ3n) is 2.24. The van der Waals surface area contributed by atoms with E-state index < -0.39 is 0 Å². The largest absolute Gasteiger partial charge is 0.464 e. The van der Waals surface area contributed by atoms with Crippen molar-refractivity contribution in [1.82, 2.24) is 9.55 Å². The van der Waals surface area contributed by atoms with Crippen molar-refractivity contribution in [3.05, 3.63) is 29.0 Å². The topological polar surface area (TPSA) is 44.1 Å². The van der Waals surface area contributed by atoms with Gasteiger partial charge in [-0.15, -0.1) is 0 Å². The lowest BCUT2D eigenvalue weighted by atomic mass is 10.3. The van der Waals surface area contributed by atoms with E-state index in [0.717, 1.165) is 5.39 Å². The van der Waals surface area contributed by atoms with E-state index in [1.54, 1.807) is 23.7 Å². The molecule has 0 aromatic carbocycles. The zero-order chi connectivity index (χ0) is 11.0. The number of aromatic nitrogens is 2. The molecule has 0 aliphatic rings. The number of hydrogen-bond donors (Lipinski definition) is 0. The maximum atomic E-state index is 11.4. The minimum atomic E-state index is -0.383. The minimum Gasteiger partial charge on any atom is -0.464 e. The lowest BCUT2D eigenvalue weighted by molar-refractivity contribution is 0.0590. The lowest BCUT2D eigenvalue weighted by Crippen LogP contribution is -2.07. The van der Waals surface area contributed by atoms with Crippen molar-refractivity contribution in [3.8, 4) is 0 Å². The van der Waals surface area contributed by atoms with E-state index >= 15 is 0 Å². The molecule has 0 amide bonds. The average Bonchev–Trinajstić information content (AvgIpc) is 2.55. The lowest BCUT2D eigenvalue weighted by Gasteiger charge is -2.00. The number of esters is 1. The highest BCUT2D eigenvalue weighted by Gasteiger charge is 2.14. The number of methoxy groups -OCH3 is 1. The van der Waals surface area contributed by atoms with Crippen LogP contribution >= 0.6 is 11.6 Å². The number of aryl methyl sites for hydroxylation is 1. The van der Waals surface area contributed by atoms with Crippen molar-refractivity contribution >= 4 is 28.6 Å². The van der Waals surface area contributed by atoms with E-state index in [4.69, 9.17) is 11.6 Å². The first-order chi connectivity index (χ1) is 7.13. The fourth-order valence-corrected chi connectivity index (χ4v) is 1.62. The van der Waals surface area contributed by atoms with Crippen LogP contribution in [0, 0.1) is 0 Å². The van der Waals surface area contributed by atoms with Crippen molar-refractivity contribution < 1.29 is 9.53 Å². The fourth-order valence-electron chi connectivity index (χ4n) is 1.48. The Morgan fingerprint density at radius 2 is 2.27 bits per heavy atom. The molecule has 0 saturated carbocycles. The summed E-state index contributed by atoms with van der Waals surface area (Å²) in [4.78, 5) is 15.5. The molecule has 0 unspecified atom stereocenters. The number of carbonyl (C=O) groups is 1. The SMILES string of the molecule is COC(=O)c1cc2ccc(Cl)nc2n1C. The van der Waals surface area contributed by atoms with Crippen LogP contribution in [0.25, 0.3) is 11.0 Å². The van der Waals surface area contributed by atoms with E-state index in [0.29, 0.717) is 16.5 Å². The molecule has 2 aromatic rings. The van der Waals surface area contributed by atoms with Crippen LogP contribution in [0.2, 0.25) is 5.15 Å². The zero-order valence-electron chi connectivity index (χ0n) is 8.32. The molecule has 0 aliphatic heterocycles. The van der Waals surface area contributed by atoms with Crippen LogP contribution in [-0.2, 0) is 11.8 Å². The zero-order valence-corrected chi connectivity index (χ0v) is 9.08. The van der Waals surface area contributed by atoms with Gasteiger partial charge in [-0.05, 0) is 18.2 Å². The molecule has 0 spiro atoms. The molecule has 0 radical (unpaired) electrons. The highest BCUT2D eigenvalue weighted by atomic mass is 35.5. The molecule has 0 N–H and O–H groups in total. The highest BCUT2D eigenvalue weighted by Crippen LogP contribution is 2.19. The normalized spacial score (nSPS) is 10.6. The summed E-state index contributed by atoms with van der Waals surface area (Å²) < 4.78 is 6.32.